The predicted molar refractivity (Wildman–Crippen MR) is 55.5 cm³/mol. The van der Waals surface area contributed by atoms with E-state index in [-0.39, 0.29) is 0 Å². The molecule has 1 aromatic carbocycles. The number of oxime groups is 1. The van der Waals surface area contributed by atoms with Crippen molar-refractivity contribution in [2.24, 2.45) is 5.16 Å². The van der Waals surface area contributed by atoms with Gasteiger partial charge in [0.15, 0.2) is 17.3 Å². The highest BCUT2D eigenvalue weighted by Crippen LogP contribution is 2.32. The van der Waals surface area contributed by atoms with Crippen LogP contribution in [-0.2, 0) is 10.7 Å². The summed E-state index contributed by atoms with van der Waals surface area (Å²) in [4.78, 5) is 0. The third-order valence-corrected chi connectivity index (χ3v) is 2.62. The van der Waals surface area contributed by atoms with Gasteiger partial charge in [-0.3, -0.25) is 9.01 Å². The molecular weight excluding hydrogens is 216 g/mol. The van der Waals surface area contributed by atoms with E-state index in [1.54, 1.807) is 0 Å². The molecule has 0 fully saturated rings. The van der Waals surface area contributed by atoms with Crippen molar-refractivity contribution in [3.8, 4) is 11.5 Å². The van der Waals surface area contributed by atoms with E-state index in [4.69, 9.17) is 13.8 Å². The Hall–Kier alpha value is -1.56. The molecule has 1 N–H and O–H groups in total. The van der Waals surface area contributed by atoms with Gasteiger partial charge in [-0.1, -0.05) is 11.2 Å². The first-order valence-corrected chi connectivity index (χ1v) is 5.20. The normalized spacial score (nSPS) is 16.9. The number of benzene rings is 1. The highest BCUT2D eigenvalue weighted by atomic mass is 32.2. The number of rotatable bonds is 2. The molecular formula is C9H8N2O3S. The standard InChI is InChI=1S/C9H8N2O3S/c1-2-7-8(13-5-12-7)3-6(1)4-9-10-14-15-11-9/h1-3H,4-5H2,(H,10,11). The molecule has 0 bridgehead atoms. The van der Waals surface area contributed by atoms with Crippen molar-refractivity contribution in [1.82, 2.24) is 4.72 Å². The van der Waals surface area contributed by atoms with E-state index in [2.05, 4.69) is 9.88 Å². The summed E-state index contributed by atoms with van der Waals surface area (Å²) < 4.78 is 18.2. The van der Waals surface area contributed by atoms with Gasteiger partial charge in [0.2, 0.25) is 19.0 Å². The molecule has 15 heavy (non-hydrogen) atoms. The molecule has 0 aromatic heterocycles. The lowest BCUT2D eigenvalue weighted by Gasteiger charge is -2.01. The van der Waals surface area contributed by atoms with E-state index in [9.17, 15) is 0 Å². The van der Waals surface area contributed by atoms with Crippen LogP contribution in [-0.4, -0.2) is 12.6 Å². The highest BCUT2D eigenvalue weighted by molar-refractivity contribution is 7.93. The smallest absolute Gasteiger partial charge is 0.231 e. The first-order chi connectivity index (χ1) is 7.42. The van der Waals surface area contributed by atoms with Crippen LogP contribution in [0.3, 0.4) is 0 Å². The van der Waals surface area contributed by atoms with Crippen molar-refractivity contribution in [2.75, 3.05) is 6.79 Å². The summed E-state index contributed by atoms with van der Waals surface area (Å²) in [7, 11) is 0. The maximum atomic E-state index is 5.28. The maximum Gasteiger partial charge on any atom is 0.231 e. The molecule has 0 saturated carbocycles. The molecule has 0 saturated heterocycles. The molecule has 0 unspecified atom stereocenters. The average Bonchev–Trinajstić information content (AvgIpc) is 2.87. The lowest BCUT2D eigenvalue weighted by molar-refractivity contribution is 0.174. The fourth-order valence-corrected chi connectivity index (χ4v) is 1.83. The van der Waals surface area contributed by atoms with Gasteiger partial charge >= 0.3 is 0 Å². The van der Waals surface area contributed by atoms with Crippen LogP contribution in [0.5, 0.6) is 11.5 Å². The van der Waals surface area contributed by atoms with E-state index >= 15 is 0 Å². The molecule has 0 spiro atoms. The van der Waals surface area contributed by atoms with Crippen LogP contribution >= 0.6 is 12.2 Å². The Morgan fingerprint density at radius 2 is 2.27 bits per heavy atom. The summed E-state index contributed by atoms with van der Waals surface area (Å²) in [5, 5.41) is 3.82. The van der Waals surface area contributed by atoms with E-state index in [1.165, 1.54) is 0 Å². The van der Waals surface area contributed by atoms with Crippen LogP contribution < -0.4 is 14.2 Å². The van der Waals surface area contributed by atoms with Crippen molar-refractivity contribution in [3.05, 3.63) is 23.8 Å². The van der Waals surface area contributed by atoms with Gasteiger partial charge in [-0.15, -0.1) is 0 Å². The predicted octanol–water partition coefficient (Wildman–Crippen LogP) is 1.45. The number of hydrogen-bond acceptors (Lipinski definition) is 6. The van der Waals surface area contributed by atoms with Crippen molar-refractivity contribution in [1.29, 1.82) is 0 Å². The topological polar surface area (TPSA) is 52.1 Å². The third kappa shape index (κ3) is 1.68. The summed E-state index contributed by atoms with van der Waals surface area (Å²) in [6.07, 6.45) is 0.698. The molecule has 0 atom stereocenters. The summed E-state index contributed by atoms with van der Waals surface area (Å²) in [6, 6.07) is 5.84. The largest absolute Gasteiger partial charge is 0.454 e. The SMILES string of the molecule is c1cc2c(cc1CC1=NOSN1)OCO2. The molecule has 0 radical (unpaired) electrons. The molecule has 3 rings (SSSR count). The zero-order valence-electron chi connectivity index (χ0n) is 7.73. The molecule has 6 heteroatoms. The number of nitrogens with zero attached hydrogens (tertiary/aromatic N) is 1. The molecule has 2 heterocycles. The van der Waals surface area contributed by atoms with Gasteiger partial charge in [-0.2, -0.15) is 0 Å². The van der Waals surface area contributed by atoms with Crippen LogP contribution in [0.4, 0.5) is 0 Å². The van der Waals surface area contributed by atoms with Crippen LogP contribution in [0.15, 0.2) is 23.4 Å². The first kappa shape index (κ1) is 8.72. The fourth-order valence-electron chi connectivity index (χ4n) is 1.46. The van der Waals surface area contributed by atoms with Gasteiger partial charge < -0.3 is 9.47 Å². The lowest BCUT2D eigenvalue weighted by Crippen LogP contribution is -2.13. The molecule has 2 aliphatic heterocycles. The van der Waals surface area contributed by atoms with Gasteiger partial charge in [0, 0.05) is 6.42 Å². The Morgan fingerprint density at radius 3 is 3.13 bits per heavy atom. The lowest BCUT2D eigenvalue weighted by atomic mass is 10.1. The second-order valence-electron chi connectivity index (χ2n) is 3.16. The van der Waals surface area contributed by atoms with Gasteiger partial charge in [-0.05, 0) is 17.7 Å². The van der Waals surface area contributed by atoms with Crippen molar-refractivity contribution in [2.45, 2.75) is 6.42 Å². The second kappa shape index (κ2) is 3.54. The van der Waals surface area contributed by atoms with Crippen LogP contribution in [0.1, 0.15) is 5.56 Å². The minimum Gasteiger partial charge on any atom is -0.454 e. The third-order valence-electron chi connectivity index (χ3n) is 2.15. The molecule has 0 amide bonds. The minimum atomic E-state index is 0.303. The molecule has 5 nitrogen and oxygen atoms in total. The van der Waals surface area contributed by atoms with Crippen molar-refractivity contribution >= 4 is 18.1 Å². The maximum absolute atomic E-state index is 5.28. The average molecular weight is 224 g/mol. The molecule has 1 aromatic rings. The van der Waals surface area contributed by atoms with Crippen molar-refractivity contribution < 1.29 is 13.8 Å². The van der Waals surface area contributed by atoms with Gasteiger partial charge in [-0.25, -0.2) is 0 Å². The summed E-state index contributed by atoms with van der Waals surface area (Å²) in [5.41, 5.74) is 1.11. The number of fused-ring (bicyclic) bond motifs is 1. The van der Waals surface area contributed by atoms with E-state index in [1.807, 2.05) is 18.2 Å². The second-order valence-corrected chi connectivity index (χ2v) is 3.68. The first-order valence-electron chi connectivity index (χ1n) is 4.46. The summed E-state index contributed by atoms with van der Waals surface area (Å²) in [6.45, 7) is 0.303. The summed E-state index contributed by atoms with van der Waals surface area (Å²) >= 11 is 1.12. The summed E-state index contributed by atoms with van der Waals surface area (Å²) in [5.74, 6) is 2.39. The van der Waals surface area contributed by atoms with Crippen LogP contribution in [0.25, 0.3) is 0 Å². The zero-order chi connectivity index (χ0) is 10.1. The van der Waals surface area contributed by atoms with Crippen LogP contribution in [0, 0.1) is 0 Å². The van der Waals surface area contributed by atoms with Crippen LogP contribution in [0.2, 0.25) is 0 Å². The number of hydrogen-bond donors (Lipinski definition) is 1. The van der Waals surface area contributed by atoms with Gasteiger partial charge in [0.25, 0.3) is 0 Å². The number of ether oxygens (including phenoxy) is 2. The van der Waals surface area contributed by atoms with E-state index in [0.717, 1.165) is 35.1 Å². The molecule has 0 aliphatic carbocycles. The minimum absolute atomic E-state index is 0.303. The Kier molecular flexibility index (Phi) is 2.06. The van der Waals surface area contributed by atoms with Gasteiger partial charge in [0.1, 0.15) is 0 Å². The van der Waals surface area contributed by atoms with E-state index < -0.39 is 0 Å². The monoisotopic (exact) mass is 224 g/mol. The fraction of sp³-hybridized carbons (Fsp3) is 0.222. The Morgan fingerprint density at radius 1 is 1.33 bits per heavy atom. The molecule has 78 valence electrons. The Bertz CT molecular complexity index is 422. The number of nitrogens with one attached hydrogen (secondary N) is 1. The highest BCUT2D eigenvalue weighted by Gasteiger charge is 2.15. The Balaban J connectivity index is 1.80. The zero-order valence-corrected chi connectivity index (χ0v) is 8.54. The molecule has 2 aliphatic rings. The van der Waals surface area contributed by atoms with Gasteiger partial charge in [0.05, 0.1) is 0 Å². The van der Waals surface area contributed by atoms with Crippen molar-refractivity contribution in [3.63, 3.8) is 0 Å². The quantitative estimate of drug-likeness (QED) is 0.608. The van der Waals surface area contributed by atoms with E-state index in [0.29, 0.717) is 13.2 Å². The number of amidine groups is 1. The Labute approximate surface area is 90.7 Å².